The molecule has 0 radical (unpaired) electrons. The standard InChI is InChI=1S/C15H24ClFN2/c1-11(2)19(12(3)4)8-7-18-10-13-9-14(17)5-6-15(13)16/h5-6,9,11-12,18H,7-8,10H2,1-4H3. The van der Waals surface area contributed by atoms with Gasteiger partial charge in [-0.05, 0) is 51.5 Å². The maximum atomic E-state index is 13.1. The van der Waals surface area contributed by atoms with E-state index in [1.165, 1.54) is 12.1 Å². The summed E-state index contributed by atoms with van der Waals surface area (Å²) < 4.78 is 13.1. The third-order valence-electron chi connectivity index (χ3n) is 3.20. The van der Waals surface area contributed by atoms with Gasteiger partial charge in [0.05, 0.1) is 0 Å². The number of hydrogen-bond donors (Lipinski definition) is 1. The highest BCUT2D eigenvalue weighted by molar-refractivity contribution is 6.31. The monoisotopic (exact) mass is 286 g/mol. The van der Waals surface area contributed by atoms with Crippen molar-refractivity contribution in [3.63, 3.8) is 0 Å². The second kappa shape index (κ2) is 7.83. The molecule has 1 rings (SSSR count). The van der Waals surface area contributed by atoms with Crippen molar-refractivity contribution in [2.75, 3.05) is 13.1 Å². The molecule has 4 heteroatoms. The zero-order valence-electron chi connectivity index (χ0n) is 12.2. The molecule has 1 N–H and O–H groups in total. The van der Waals surface area contributed by atoms with Gasteiger partial charge in [-0.15, -0.1) is 0 Å². The molecule has 108 valence electrons. The number of benzene rings is 1. The molecule has 0 unspecified atom stereocenters. The van der Waals surface area contributed by atoms with E-state index >= 15 is 0 Å². The minimum absolute atomic E-state index is 0.243. The zero-order chi connectivity index (χ0) is 14.4. The Kier molecular flexibility index (Phi) is 6.76. The first-order chi connectivity index (χ1) is 8.91. The van der Waals surface area contributed by atoms with E-state index in [-0.39, 0.29) is 5.82 Å². The Morgan fingerprint density at radius 1 is 1.21 bits per heavy atom. The Labute approximate surface area is 120 Å². The van der Waals surface area contributed by atoms with E-state index < -0.39 is 0 Å². The molecule has 0 atom stereocenters. The quantitative estimate of drug-likeness (QED) is 0.769. The van der Waals surface area contributed by atoms with Crippen LogP contribution >= 0.6 is 11.6 Å². The van der Waals surface area contributed by atoms with Crippen LogP contribution < -0.4 is 5.32 Å². The third-order valence-corrected chi connectivity index (χ3v) is 3.57. The van der Waals surface area contributed by atoms with E-state index in [0.29, 0.717) is 23.7 Å². The lowest BCUT2D eigenvalue weighted by atomic mass is 10.2. The predicted octanol–water partition coefficient (Wildman–Crippen LogP) is 3.69. The summed E-state index contributed by atoms with van der Waals surface area (Å²) in [5.41, 5.74) is 0.808. The van der Waals surface area contributed by atoms with Crippen molar-refractivity contribution in [1.29, 1.82) is 0 Å². The molecule has 1 aromatic carbocycles. The Morgan fingerprint density at radius 2 is 1.84 bits per heavy atom. The molecule has 1 aromatic rings. The number of nitrogens with zero attached hydrogens (tertiary/aromatic N) is 1. The number of nitrogens with one attached hydrogen (secondary N) is 1. The van der Waals surface area contributed by atoms with Crippen molar-refractivity contribution in [1.82, 2.24) is 10.2 Å². The van der Waals surface area contributed by atoms with E-state index in [2.05, 4.69) is 37.9 Å². The minimum Gasteiger partial charge on any atom is -0.311 e. The van der Waals surface area contributed by atoms with Gasteiger partial charge in [-0.2, -0.15) is 0 Å². The molecule has 0 aliphatic rings. The molecule has 0 saturated heterocycles. The highest BCUT2D eigenvalue weighted by atomic mass is 35.5. The van der Waals surface area contributed by atoms with Gasteiger partial charge in [-0.3, -0.25) is 4.90 Å². The SMILES string of the molecule is CC(C)N(CCNCc1cc(F)ccc1Cl)C(C)C. The molecular weight excluding hydrogens is 263 g/mol. The lowest BCUT2D eigenvalue weighted by Crippen LogP contribution is -2.41. The van der Waals surface area contributed by atoms with Crippen molar-refractivity contribution < 1.29 is 4.39 Å². The number of rotatable bonds is 7. The van der Waals surface area contributed by atoms with Crippen LogP contribution in [-0.2, 0) is 6.54 Å². The maximum Gasteiger partial charge on any atom is 0.123 e. The normalized spacial score (nSPS) is 11.8. The lowest BCUT2D eigenvalue weighted by molar-refractivity contribution is 0.176. The Hall–Kier alpha value is -0.640. The van der Waals surface area contributed by atoms with Crippen LogP contribution in [0.25, 0.3) is 0 Å². The molecule has 0 bridgehead atoms. The zero-order valence-corrected chi connectivity index (χ0v) is 13.0. The summed E-state index contributed by atoms with van der Waals surface area (Å²) in [6, 6.07) is 5.52. The molecule has 0 fully saturated rings. The average molecular weight is 287 g/mol. The van der Waals surface area contributed by atoms with Crippen molar-refractivity contribution in [2.45, 2.75) is 46.3 Å². The van der Waals surface area contributed by atoms with Crippen molar-refractivity contribution >= 4 is 11.6 Å². The van der Waals surface area contributed by atoms with Gasteiger partial charge in [0.25, 0.3) is 0 Å². The van der Waals surface area contributed by atoms with E-state index in [9.17, 15) is 4.39 Å². The summed E-state index contributed by atoms with van der Waals surface area (Å²) in [6.45, 7) is 11.2. The van der Waals surface area contributed by atoms with Crippen LogP contribution in [0.1, 0.15) is 33.3 Å². The summed E-state index contributed by atoms with van der Waals surface area (Å²) in [5, 5.41) is 3.93. The fraction of sp³-hybridized carbons (Fsp3) is 0.600. The fourth-order valence-electron chi connectivity index (χ4n) is 2.22. The highest BCUT2D eigenvalue weighted by Gasteiger charge is 2.12. The van der Waals surface area contributed by atoms with Crippen molar-refractivity contribution in [2.24, 2.45) is 0 Å². The van der Waals surface area contributed by atoms with Gasteiger partial charge < -0.3 is 5.32 Å². The molecule has 0 spiro atoms. The number of halogens is 2. The van der Waals surface area contributed by atoms with Gasteiger partial charge in [-0.1, -0.05) is 11.6 Å². The summed E-state index contributed by atoms with van der Waals surface area (Å²) in [4.78, 5) is 2.42. The van der Waals surface area contributed by atoms with Gasteiger partial charge in [0.15, 0.2) is 0 Å². The van der Waals surface area contributed by atoms with Gasteiger partial charge in [0.2, 0.25) is 0 Å². The van der Waals surface area contributed by atoms with Crippen molar-refractivity contribution in [3.8, 4) is 0 Å². The summed E-state index contributed by atoms with van der Waals surface area (Å²) >= 11 is 6.02. The van der Waals surface area contributed by atoms with Crippen LogP contribution in [0.4, 0.5) is 4.39 Å². The minimum atomic E-state index is -0.243. The maximum absolute atomic E-state index is 13.1. The van der Waals surface area contributed by atoms with Crippen LogP contribution in [0.5, 0.6) is 0 Å². The topological polar surface area (TPSA) is 15.3 Å². The third kappa shape index (κ3) is 5.47. The van der Waals surface area contributed by atoms with Crippen LogP contribution in [0, 0.1) is 5.82 Å². The first-order valence-electron chi connectivity index (χ1n) is 6.82. The van der Waals surface area contributed by atoms with Gasteiger partial charge in [0, 0.05) is 36.7 Å². The molecular formula is C15H24ClFN2. The van der Waals surface area contributed by atoms with Crippen LogP contribution in [-0.4, -0.2) is 30.1 Å². The Morgan fingerprint density at radius 3 is 2.42 bits per heavy atom. The summed E-state index contributed by atoms with van der Waals surface area (Å²) in [6.07, 6.45) is 0. The lowest BCUT2D eigenvalue weighted by Gasteiger charge is -2.30. The molecule has 2 nitrogen and oxygen atoms in total. The second-order valence-electron chi connectivity index (χ2n) is 5.34. The molecule has 0 saturated carbocycles. The molecule has 0 amide bonds. The Balaban J connectivity index is 2.40. The fourth-order valence-corrected chi connectivity index (χ4v) is 2.41. The number of hydrogen-bond acceptors (Lipinski definition) is 2. The van der Waals surface area contributed by atoms with E-state index in [4.69, 9.17) is 11.6 Å². The molecule has 0 aliphatic heterocycles. The van der Waals surface area contributed by atoms with Crippen LogP contribution in [0.3, 0.4) is 0 Å². The van der Waals surface area contributed by atoms with Crippen LogP contribution in [0.2, 0.25) is 5.02 Å². The van der Waals surface area contributed by atoms with Crippen LogP contribution in [0.15, 0.2) is 18.2 Å². The molecule has 0 aromatic heterocycles. The largest absolute Gasteiger partial charge is 0.311 e. The van der Waals surface area contributed by atoms with E-state index in [0.717, 1.165) is 18.7 Å². The molecule has 0 heterocycles. The first-order valence-corrected chi connectivity index (χ1v) is 7.20. The van der Waals surface area contributed by atoms with Gasteiger partial charge in [-0.25, -0.2) is 4.39 Å². The predicted molar refractivity (Wildman–Crippen MR) is 80.1 cm³/mol. The van der Waals surface area contributed by atoms with E-state index in [1.54, 1.807) is 6.07 Å². The summed E-state index contributed by atoms with van der Waals surface area (Å²) in [7, 11) is 0. The van der Waals surface area contributed by atoms with Gasteiger partial charge >= 0.3 is 0 Å². The summed E-state index contributed by atoms with van der Waals surface area (Å²) in [5.74, 6) is -0.243. The average Bonchev–Trinajstić information content (AvgIpc) is 2.32. The smallest absolute Gasteiger partial charge is 0.123 e. The highest BCUT2D eigenvalue weighted by Crippen LogP contribution is 2.16. The second-order valence-corrected chi connectivity index (χ2v) is 5.75. The van der Waals surface area contributed by atoms with E-state index in [1.807, 2.05) is 0 Å². The Bertz CT molecular complexity index is 386. The molecule has 0 aliphatic carbocycles. The molecule has 19 heavy (non-hydrogen) atoms. The first kappa shape index (κ1) is 16.4. The van der Waals surface area contributed by atoms with Crippen molar-refractivity contribution in [3.05, 3.63) is 34.6 Å². The van der Waals surface area contributed by atoms with Gasteiger partial charge in [0.1, 0.15) is 5.82 Å².